The molecule has 0 aromatic heterocycles. The first-order chi connectivity index (χ1) is 6.76. The maximum absolute atomic E-state index is 10.7. The van der Waals surface area contributed by atoms with E-state index in [0.29, 0.717) is 5.69 Å². The van der Waals surface area contributed by atoms with Gasteiger partial charge in [0.25, 0.3) is 0 Å². The number of nitrogens with one attached hydrogen (secondary N) is 1. The zero-order chi connectivity index (χ0) is 10.4. The van der Waals surface area contributed by atoms with Crippen LogP contribution in [-0.4, -0.2) is 11.1 Å². The Morgan fingerprint density at radius 1 is 1.64 bits per heavy atom. The van der Waals surface area contributed by atoms with E-state index in [2.05, 4.69) is 16.9 Å². The molecule has 0 amide bonds. The molecular formula is C10H11NO3. The third-order valence-corrected chi connectivity index (χ3v) is 1.55. The number of hydrogen-bond donors (Lipinski definition) is 2. The van der Waals surface area contributed by atoms with E-state index in [1.54, 1.807) is 24.3 Å². The monoisotopic (exact) mass is 193 g/mol. The molecule has 1 rings (SSSR count). The number of carbonyl (C=O) groups excluding carboxylic acids is 1. The van der Waals surface area contributed by atoms with Crippen molar-refractivity contribution >= 4 is 11.7 Å². The molecule has 0 saturated heterocycles. The molecular weight excluding hydrogens is 182 g/mol. The topological polar surface area (TPSA) is 58.6 Å². The fraction of sp³-hybridized carbons (Fsp3) is 0.100. The molecule has 0 heterocycles. The second-order valence-electron chi connectivity index (χ2n) is 2.59. The van der Waals surface area contributed by atoms with Crippen LogP contribution in [0.3, 0.4) is 0 Å². The van der Waals surface area contributed by atoms with Gasteiger partial charge in [-0.15, -0.1) is 0 Å². The van der Waals surface area contributed by atoms with Crippen molar-refractivity contribution in [3.8, 4) is 0 Å². The normalized spacial score (nSPS) is 9.21. The summed E-state index contributed by atoms with van der Waals surface area (Å²) in [6, 6.07) is 6.90. The average Bonchev–Trinajstić information content (AvgIpc) is 2.26. The predicted molar refractivity (Wildman–Crippen MR) is 52.3 cm³/mol. The van der Waals surface area contributed by atoms with Gasteiger partial charge in [0, 0.05) is 6.08 Å². The molecule has 4 heteroatoms. The molecule has 0 aliphatic carbocycles. The third kappa shape index (κ3) is 2.91. The third-order valence-electron chi connectivity index (χ3n) is 1.55. The summed E-state index contributed by atoms with van der Waals surface area (Å²) in [5.41, 5.74) is 3.78. The summed E-state index contributed by atoms with van der Waals surface area (Å²) in [6.45, 7) is 3.20. The minimum Gasteiger partial charge on any atom is -0.392 e. The van der Waals surface area contributed by atoms with Gasteiger partial charge in [-0.2, -0.15) is 0 Å². The van der Waals surface area contributed by atoms with Crippen LogP contribution in [0.4, 0.5) is 5.69 Å². The lowest BCUT2D eigenvalue weighted by molar-refractivity contribution is -0.134. The standard InChI is InChI=1S/C10H11NO3/c1-2-10(13)14-11-9-5-3-4-8(6-9)7-12/h2-6,11-12H,1,7H2. The fourth-order valence-electron chi connectivity index (χ4n) is 0.884. The Morgan fingerprint density at radius 2 is 2.43 bits per heavy atom. The van der Waals surface area contributed by atoms with Gasteiger partial charge in [0.2, 0.25) is 0 Å². The van der Waals surface area contributed by atoms with Crippen molar-refractivity contribution in [1.82, 2.24) is 0 Å². The molecule has 0 saturated carbocycles. The van der Waals surface area contributed by atoms with Crippen LogP contribution < -0.4 is 5.48 Å². The van der Waals surface area contributed by atoms with Crippen molar-refractivity contribution in [3.63, 3.8) is 0 Å². The van der Waals surface area contributed by atoms with Gasteiger partial charge in [-0.05, 0) is 17.7 Å². The summed E-state index contributed by atoms with van der Waals surface area (Å²) >= 11 is 0. The van der Waals surface area contributed by atoms with Gasteiger partial charge in [0.15, 0.2) is 0 Å². The molecule has 0 fully saturated rings. The average molecular weight is 193 g/mol. The number of rotatable bonds is 4. The predicted octanol–water partition coefficient (Wildman–Crippen LogP) is 1.23. The van der Waals surface area contributed by atoms with Gasteiger partial charge in [-0.3, -0.25) is 0 Å². The molecule has 2 N–H and O–H groups in total. The quantitative estimate of drug-likeness (QED) is 0.558. The zero-order valence-electron chi connectivity index (χ0n) is 7.56. The Labute approximate surface area is 81.8 Å². The van der Waals surface area contributed by atoms with Crippen molar-refractivity contribution in [3.05, 3.63) is 42.5 Å². The lowest BCUT2D eigenvalue weighted by Gasteiger charge is -2.05. The van der Waals surface area contributed by atoms with Gasteiger partial charge in [-0.1, -0.05) is 18.7 Å². The largest absolute Gasteiger partial charge is 0.392 e. The van der Waals surface area contributed by atoms with Gasteiger partial charge in [-0.25, -0.2) is 10.3 Å². The summed E-state index contributed by atoms with van der Waals surface area (Å²) in [5, 5.41) is 8.83. The van der Waals surface area contributed by atoms with E-state index >= 15 is 0 Å². The highest BCUT2D eigenvalue weighted by molar-refractivity contribution is 5.81. The Balaban J connectivity index is 2.58. The van der Waals surface area contributed by atoms with Crippen molar-refractivity contribution in [1.29, 1.82) is 0 Å². The van der Waals surface area contributed by atoms with Gasteiger partial charge in [0.1, 0.15) is 0 Å². The summed E-state index contributed by atoms with van der Waals surface area (Å²) in [5.74, 6) is -0.556. The van der Waals surface area contributed by atoms with Crippen molar-refractivity contribution in [2.24, 2.45) is 0 Å². The van der Waals surface area contributed by atoms with E-state index in [1.165, 1.54) is 0 Å². The van der Waals surface area contributed by atoms with E-state index in [9.17, 15) is 4.79 Å². The first kappa shape index (κ1) is 10.3. The summed E-state index contributed by atoms with van der Waals surface area (Å²) in [7, 11) is 0. The first-order valence-electron chi connectivity index (χ1n) is 4.05. The molecule has 0 unspecified atom stereocenters. The SMILES string of the molecule is C=CC(=O)ONc1cccc(CO)c1. The zero-order valence-corrected chi connectivity index (χ0v) is 7.56. The van der Waals surface area contributed by atoms with E-state index < -0.39 is 5.97 Å². The molecule has 4 nitrogen and oxygen atoms in total. The van der Waals surface area contributed by atoms with Crippen LogP contribution in [-0.2, 0) is 16.2 Å². The van der Waals surface area contributed by atoms with Crippen LogP contribution in [0.2, 0.25) is 0 Å². The van der Waals surface area contributed by atoms with Gasteiger partial charge >= 0.3 is 5.97 Å². The van der Waals surface area contributed by atoms with E-state index in [-0.39, 0.29) is 6.61 Å². The molecule has 0 bridgehead atoms. The lowest BCUT2D eigenvalue weighted by Crippen LogP contribution is -2.07. The second kappa shape index (κ2) is 5.04. The Hall–Kier alpha value is -1.81. The highest BCUT2D eigenvalue weighted by Crippen LogP contribution is 2.10. The first-order valence-corrected chi connectivity index (χ1v) is 4.05. The van der Waals surface area contributed by atoms with Crippen molar-refractivity contribution in [2.75, 3.05) is 5.48 Å². The van der Waals surface area contributed by atoms with Gasteiger partial charge < -0.3 is 9.94 Å². The van der Waals surface area contributed by atoms with Gasteiger partial charge in [0.05, 0.1) is 12.3 Å². The summed E-state index contributed by atoms with van der Waals surface area (Å²) in [4.78, 5) is 15.3. The molecule has 14 heavy (non-hydrogen) atoms. The maximum Gasteiger partial charge on any atom is 0.355 e. The molecule has 74 valence electrons. The lowest BCUT2D eigenvalue weighted by atomic mass is 10.2. The van der Waals surface area contributed by atoms with Crippen LogP contribution in [0.1, 0.15) is 5.56 Å². The molecule has 0 atom stereocenters. The van der Waals surface area contributed by atoms with E-state index in [1.807, 2.05) is 0 Å². The number of carbonyl (C=O) groups is 1. The number of anilines is 1. The molecule has 0 aliphatic rings. The highest BCUT2D eigenvalue weighted by Gasteiger charge is 1.97. The van der Waals surface area contributed by atoms with E-state index in [4.69, 9.17) is 5.11 Å². The van der Waals surface area contributed by atoms with Crippen molar-refractivity contribution in [2.45, 2.75) is 6.61 Å². The van der Waals surface area contributed by atoms with Crippen molar-refractivity contribution < 1.29 is 14.7 Å². The van der Waals surface area contributed by atoms with Crippen LogP contribution in [0.5, 0.6) is 0 Å². The summed E-state index contributed by atoms with van der Waals surface area (Å²) < 4.78 is 0. The Morgan fingerprint density at radius 3 is 3.07 bits per heavy atom. The maximum atomic E-state index is 10.7. The number of aliphatic hydroxyl groups excluding tert-OH is 1. The number of aliphatic hydroxyl groups is 1. The van der Waals surface area contributed by atoms with Crippen LogP contribution in [0.25, 0.3) is 0 Å². The second-order valence-corrected chi connectivity index (χ2v) is 2.59. The highest BCUT2D eigenvalue weighted by atomic mass is 16.7. The number of benzene rings is 1. The minimum absolute atomic E-state index is 0.0507. The molecule has 1 aromatic rings. The summed E-state index contributed by atoms with van der Waals surface area (Å²) in [6.07, 6.45) is 1.06. The fourth-order valence-corrected chi connectivity index (χ4v) is 0.884. The Bertz CT molecular complexity index is 336. The van der Waals surface area contributed by atoms with Crippen LogP contribution in [0.15, 0.2) is 36.9 Å². The smallest absolute Gasteiger partial charge is 0.355 e. The molecule has 0 aliphatic heterocycles. The van der Waals surface area contributed by atoms with E-state index in [0.717, 1.165) is 11.6 Å². The van der Waals surface area contributed by atoms with Crippen LogP contribution >= 0.6 is 0 Å². The minimum atomic E-state index is -0.556. The van der Waals surface area contributed by atoms with Crippen LogP contribution in [0, 0.1) is 0 Å². The molecule has 0 spiro atoms. The number of hydrogen-bond acceptors (Lipinski definition) is 4. The Kier molecular flexibility index (Phi) is 3.69. The molecule has 0 radical (unpaired) electrons. The molecule has 1 aromatic carbocycles.